The summed E-state index contributed by atoms with van der Waals surface area (Å²) in [5.41, 5.74) is 0. The van der Waals surface area contributed by atoms with Gasteiger partial charge in [0.2, 0.25) is 0 Å². The summed E-state index contributed by atoms with van der Waals surface area (Å²) < 4.78 is 5.60. The van der Waals surface area contributed by atoms with Crippen LogP contribution in [0, 0.1) is 35.5 Å². The van der Waals surface area contributed by atoms with Crippen LogP contribution in [0.1, 0.15) is 141 Å². The van der Waals surface area contributed by atoms with E-state index >= 15 is 0 Å². The number of esters is 2. The zero-order valence-corrected chi connectivity index (χ0v) is 21.2. The third kappa shape index (κ3) is 7.56. The Balaban J connectivity index is 1.34. The second-order valence-electron chi connectivity index (χ2n) is 12.2. The molecule has 4 saturated carbocycles. The first kappa shape index (κ1) is 25.2. The molecule has 0 aromatic rings. The second-order valence-corrected chi connectivity index (χ2v) is 12.2. The minimum absolute atomic E-state index is 0.216. The van der Waals surface area contributed by atoms with Gasteiger partial charge in [-0.15, -0.1) is 0 Å². The maximum Gasteiger partial charge on any atom is 0.313 e. The Kier molecular flexibility index (Phi) is 10.2. The van der Waals surface area contributed by atoms with E-state index in [1.807, 2.05) is 0 Å². The molecule has 3 nitrogen and oxygen atoms in total. The number of ether oxygens (including phenoxy) is 1. The smallest absolute Gasteiger partial charge is 0.313 e. The van der Waals surface area contributed by atoms with Crippen LogP contribution >= 0.6 is 0 Å². The van der Waals surface area contributed by atoms with Crippen LogP contribution in [0.25, 0.3) is 0 Å². The first-order valence-electron chi connectivity index (χ1n) is 14.9. The molecule has 0 aromatic carbocycles. The van der Waals surface area contributed by atoms with Crippen LogP contribution in [0.2, 0.25) is 0 Å². The van der Waals surface area contributed by atoms with Gasteiger partial charge >= 0.3 is 11.9 Å². The van der Waals surface area contributed by atoms with Crippen molar-refractivity contribution in [1.29, 1.82) is 0 Å². The van der Waals surface area contributed by atoms with Crippen molar-refractivity contribution < 1.29 is 14.3 Å². The van der Waals surface area contributed by atoms with Gasteiger partial charge in [-0.05, 0) is 35.5 Å². The number of hydrogen-bond acceptors (Lipinski definition) is 3. The lowest BCUT2D eigenvalue weighted by atomic mass is 9.68. The zero-order chi connectivity index (χ0) is 22.9. The Morgan fingerprint density at radius 1 is 0.455 bits per heavy atom. The molecule has 0 unspecified atom stereocenters. The molecular weight excluding hydrogens is 408 g/mol. The Bertz CT molecular complexity index is 502. The van der Waals surface area contributed by atoms with Gasteiger partial charge in [0.25, 0.3) is 0 Å². The average Bonchev–Trinajstić information content (AvgIpc) is 2.88. The van der Waals surface area contributed by atoms with E-state index in [2.05, 4.69) is 0 Å². The summed E-state index contributed by atoms with van der Waals surface area (Å²) in [5, 5.41) is 0. The van der Waals surface area contributed by atoms with Crippen LogP contribution in [0.15, 0.2) is 0 Å². The SMILES string of the molecule is O=C(CC(C1CCCCC1)C1CCCCC1)OC(=O)CC(C1CCCCC1)C1CCCCC1. The molecule has 188 valence electrons. The molecule has 0 atom stereocenters. The molecule has 4 fully saturated rings. The van der Waals surface area contributed by atoms with E-state index < -0.39 is 0 Å². The highest BCUT2D eigenvalue weighted by atomic mass is 16.6. The molecule has 3 heteroatoms. The maximum atomic E-state index is 13.0. The summed E-state index contributed by atoms with van der Waals surface area (Å²) in [6.07, 6.45) is 27.0. The van der Waals surface area contributed by atoms with Crippen LogP contribution in [0.4, 0.5) is 0 Å². The summed E-state index contributed by atoms with van der Waals surface area (Å²) in [4.78, 5) is 26.1. The molecular formula is C30H50O3. The minimum Gasteiger partial charge on any atom is -0.393 e. The Hall–Kier alpha value is -0.860. The van der Waals surface area contributed by atoms with Crippen molar-refractivity contribution in [3.63, 3.8) is 0 Å². The Labute approximate surface area is 203 Å². The Morgan fingerprint density at radius 3 is 0.939 bits per heavy atom. The first-order valence-corrected chi connectivity index (χ1v) is 14.9. The van der Waals surface area contributed by atoms with Gasteiger partial charge in [0.05, 0.1) is 0 Å². The molecule has 0 bridgehead atoms. The monoisotopic (exact) mass is 458 g/mol. The standard InChI is InChI=1S/C30H50O3/c31-29(21-27(23-13-5-1-6-14-23)24-15-7-2-8-16-24)33-30(32)22-28(25-17-9-3-10-18-25)26-19-11-4-12-20-26/h23-28H,1-22H2. The Morgan fingerprint density at radius 2 is 0.697 bits per heavy atom. The molecule has 0 aliphatic heterocycles. The van der Waals surface area contributed by atoms with Gasteiger partial charge in [0, 0.05) is 12.8 Å². The molecule has 4 rings (SSSR count). The third-order valence-electron chi connectivity index (χ3n) is 10.1. The predicted octanol–water partition coefficient (Wildman–Crippen LogP) is 8.39. The van der Waals surface area contributed by atoms with E-state index in [1.165, 1.54) is 128 Å². The van der Waals surface area contributed by atoms with E-state index in [9.17, 15) is 9.59 Å². The van der Waals surface area contributed by atoms with E-state index in [4.69, 9.17) is 4.74 Å². The first-order chi connectivity index (χ1) is 16.2. The van der Waals surface area contributed by atoms with E-state index in [0.717, 1.165) is 0 Å². The molecule has 0 aromatic heterocycles. The molecule has 0 radical (unpaired) electrons. The fourth-order valence-corrected chi connectivity index (χ4v) is 8.28. The summed E-state index contributed by atoms with van der Waals surface area (Å²) in [5.74, 6) is 3.13. The lowest BCUT2D eigenvalue weighted by Gasteiger charge is -2.38. The van der Waals surface area contributed by atoms with Crippen LogP contribution in [0.3, 0.4) is 0 Å². The molecule has 4 aliphatic carbocycles. The zero-order valence-electron chi connectivity index (χ0n) is 21.2. The van der Waals surface area contributed by atoms with Crippen molar-refractivity contribution in [1.82, 2.24) is 0 Å². The number of hydrogen-bond donors (Lipinski definition) is 0. The molecule has 0 amide bonds. The molecule has 0 saturated heterocycles. The van der Waals surface area contributed by atoms with Crippen LogP contribution in [-0.2, 0) is 14.3 Å². The van der Waals surface area contributed by atoms with Crippen LogP contribution < -0.4 is 0 Å². The van der Waals surface area contributed by atoms with Crippen LogP contribution in [-0.4, -0.2) is 11.9 Å². The van der Waals surface area contributed by atoms with Crippen LogP contribution in [0.5, 0.6) is 0 Å². The molecule has 0 heterocycles. The summed E-state index contributed by atoms with van der Waals surface area (Å²) in [7, 11) is 0. The third-order valence-corrected chi connectivity index (χ3v) is 10.1. The largest absolute Gasteiger partial charge is 0.393 e. The van der Waals surface area contributed by atoms with Crippen molar-refractivity contribution >= 4 is 11.9 Å². The van der Waals surface area contributed by atoms with Gasteiger partial charge < -0.3 is 4.74 Å². The average molecular weight is 459 g/mol. The second kappa shape index (κ2) is 13.3. The summed E-state index contributed by atoms with van der Waals surface area (Å²) >= 11 is 0. The molecule has 33 heavy (non-hydrogen) atoms. The van der Waals surface area contributed by atoms with Gasteiger partial charge in [-0.3, -0.25) is 9.59 Å². The van der Waals surface area contributed by atoms with Gasteiger partial charge in [0.1, 0.15) is 0 Å². The van der Waals surface area contributed by atoms with Crippen molar-refractivity contribution in [3.05, 3.63) is 0 Å². The van der Waals surface area contributed by atoms with Crippen molar-refractivity contribution in [2.75, 3.05) is 0 Å². The molecule has 4 aliphatic rings. The van der Waals surface area contributed by atoms with E-state index in [1.54, 1.807) is 0 Å². The van der Waals surface area contributed by atoms with Gasteiger partial charge in [0.15, 0.2) is 0 Å². The normalized spacial score (nSPS) is 24.9. The lowest BCUT2D eigenvalue weighted by molar-refractivity contribution is -0.162. The van der Waals surface area contributed by atoms with Crippen molar-refractivity contribution in [2.45, 2.75) is 141 Å². The van der Waals surface area contributed by atoms with Gasteiger partial charge in [-0.1, -0.05) is 128 Å². The highest BCUT2D eigenvalue weighted by Gasteiger charge is 2.36. The highest BCUT2D eigenvalue weighted by molar-refractivity contribution is 5.85. The van der Waals surface area contributed by atoms with Gasteiger partial charge in [-0.25, -0.2) is 0 Å². The predicted molar refractivity (Wildman–Crippen MR) is 134 cm³/mol. The number of carbonyl (C=O) groups is 2. The van der Waals surface area contributed by atoms with Crippen molar-refractivity contribution in [3.8, 4) is 0 Å². The summed E-state index contributed by atoms with van der Waals surface area (Å²) in [6, 6.07) is 0. The fraction of sp³-hybridized carbons (Fsp3) is 0.933. The van der Waals surface area contributed by atoms with E-state index in [0.29, 0.717) is 48.3 Å². The molecule has 0 spiro atoms. The fourth-order valence-electron chi connectivity index (χ4n) is 8.28. The quantitative estimate of drug-likeness (QED) is 0.271. The number of rotatable bonds is 8. The summed E-state index contributed by atoms with van der Waals surface area (Å²) in [6.45, 7) is 0. The number of carbonyl (C=O) groups excluding carboxylic acids is 2. The molecule has 0 N–H and O–H groups in total. The lowest BCUT2D eigenvalue weighted by Crippen LogP contribution is -2.32. The minimum atomic E-state index is -0.216. The highest BCUT2D eigenvalue weighted by Crippen LogP contribution is 2.43. The maximum absolute atomic E-state index is 13.0. The van der Waals surface area contributed by atoms with Crippen molar-refractivity contribution in [2.24, 2.45) is 35.5 Å². The topological polar surface area (TPSA) is 43.4 Å². The van der Waals surface area contributed by atoms with Gasteiger partial charge in [-0.2, -0.15) is 0 Å². The van der Waals surface area contributed by atoms with E-state index in [-0.39, 0.29) is 11.9 Å².